The Kier molecular flexibility index (Phi) is 4.16. The van der Waals surface area contributed by atoms with Crippen LogP contribution >= 0.6 is 0 Å². The highest BCUT2D eigenvalue weighted by molar-refractivity contribution is 5.44. The minimum atomic E-state index is 0.676. The highest BCUT2D eigenvalue weighted by Crippen LogP contribution is 2.19. The minimum Gasteiger partial charge on any atom is -0.359 e. The van der Waals surface area contributed by atoms with E-state index in [2.05, 4.69) is 34.9 Å². The Bertz CT molecular complexity index is 430. The number of piperidine rings is 1. The zero-order valence-corrected chi connectivity index (χ0v) is 11.1. The van der Waals surface area contributed by atoms with Crippen molar-refractivity contribution >= 4 is 5.82 Å². The predicted octanol–water partition coefficient (Wildman–Crippen LogP) is 1.73. The molecular weight excluding hydrogens is 224 g/mol. The summed E-state index contributed by atoms with van der Waals surface area (Å²) in [6.45, 7) is 3.39. The topological polar surface area (TPSA) is 43.2 Å². The number of likely N-dealkylation sites (tertiary alicyclic amines) is 1. The quantitative estimate of drug-likeness (QED) is 0.812. The van der Waals surface area contributed by atoms with E-state index < -0.39 is 0 Å². The van der Waals surface area contributed by atoms with Crippen LogP contribution in [0, 0.1) is 17.2 Å². The fourth-order valence-corrected chi connectivity index (χ4v) is 2.42. The van der Waals surface area contributed by atoms with Gasteiger partial charge in [0.25, 0.3) is 0 Å². The minimum absolute atomic E-state index is 0.676. The predicted molar refractivity (Wildman–Crippen MR) is 72.4 cm³/mol. The van der Waals surface area contributed by atoms with Crippen LogP contribution in [-0.4, -0.2) is 43.6 Å². The lowest BCUT2D eigenvalue weighted by Crippen LogP contribution is -2.35. The monoisotopic (exact) mass is 244 g/mol. The van der Waals surface area contributed by atoms with Crippen LogP contribution < -0.4 is 4.90 Å². The van der Waals surface area contributed by atoms with E-state index in [4.69, 9.17) is 5.26 Å². The summed E-state index contributed by atoms with van der Waals surface area (Å²) >= 11 is 0. The number of rotatable bonds is 3. The molecule has 2 heterocycles. The molecule has 96 valence electrons. The van der Waals surface area contributed by atoms with Crippen LogP contribution in [0.25, 0.3) is 0 Å². The number of nitriles is 1. The smallest absolute Gasteiger partial charge is 0.129 e. The number of hydrogen-bond acceptors (Lipinski definition) is 4. The van der Waals surface area contributed by atoms with Crippen molar-refractivity contribution in [3.05, 3.63) is 23.9 Å². The molecule has 0 spiro atoms. The third kappa shape index (κ3) is 3.21. The van der Waals surface area contributed by atoms with Gasteiger partial charge in [-0.15, -0.1) is 0 Å². The summed E-state index contributed by atoms with van der Waals surface area (Å²) in [5.41, 5.74) is 0.676. The summed E-state index contributed by atoms with van der Waals surface area (Å²) in [5, 5.41) is 8.89. The first-order valence-corrected chi connectivity index (χ1v) is 6.45. The molecule has 0 atom stereocenters. The van der Waals surface area contributed by atoms with Gasteiger partial charge in [-0.25, -0.2) is 4.98 Å². The molecule has 4 heteroatoms. The van der Waals surface area contributed by atoms with Gasteiger partial charge in [0.2, 0.25) is 0 Å². The fourth-order valence-electron chi connectivity index (χ4n) is 2.42. The van der Waals surface area contributed by atoms with E-state index in [0.29, 0.717) is 5.56 Å². The van der Waals surface area contributed by atoms with Gasteiger partial charge in [0.05, 0.1) is 11.6 Å². The number of hydrogen-bond donors (Lipinski definition) is 0. The van der Waals surface area contributed by atoms with Gasteiger partial charge in [0.1, 0.15) is 5.82 Å². The van der Waals surface area contributed by atoms with Crippen molar-refractivity contribution in [1.29, 1.82) is 5.26 Å². The Labute approximate surface area is 109 Å². The molecule has 4 nitrogen and oxygen atoms in total. The summed E-state index contributed by atoms with van der Waals surface area (Å²) in [6, 6.07) is 5.76. The lowest BCUT2D eigenvalue weighted by molar-refractivity contribution is 0.222. The van der Waals surface area contributed by atoms with Gasteiger partial charge in [-0.2, -0.15) is 5.26 Å². The van der Waals surface area contributed by atoms with E-state index in [1.807, 2.05) is 6.07 Å². The molecule has 2 rings (SSSR count). The second-order valence-electron chi connectivity index (χ2n) is 5.14. The first-order valence-electron chi connectivity index (χ1n) is 6.45. The highest BCUT2D eigenvalue weighted by atomic mass is 15.2. The maximum absolute atomic E-state index is 8.89. The lowest BCUT2D eigenvalue weighted by atomic mass is 9.97. The largest absolute Gasteiger partial charge is 0.359 e. The SMILES string of the molecule is CN1CCC(CN(C)c2cc(C#N)ccn2)CC1. The molecule has 1 aliphatic heterocycles. The normalized spacial score (nSPS) is 17.4. The van der Waals surface area contributed by atoms with Gasteiger partial charge in [-0.1, -0.05) is 0 Å². The van der Waals surface area contributed by atoms with Crippen molar-refractivity contribution < 1.29 is 0 Å². The van der Waals surface area contributed by atoms with Gasteiger partial charge in [0.15, 0.2) is 0 Å². The molecule has 0 N–H and O–H groups in total. The molecule has 1 aromatic heterocycles. The molecular formula is C14H20N4. The molecule has 0 aliphatic carbocycles. The third-order valence-corrected chi connectivity index (χ3v) is 3.64. The van der Waals surface area contributed by atoms with Gasteiger partial charge in [-0.05, 0) is 51.0 Å². The molecule has 0 amide bonds. The second kappa shape index (κ2) is 5.83. The average molecular weight is 244 g/mol. The molecule has 1 fully saturated rings. The number of anilines is 1. The van der Waals surface area contributed by atoms with Gasteiger partial charge in [-0.3, -0.25) is 0 Å². The Morgan fingerprint density at radius 3 is 2.89 bits per heavy atom. The van der Waals surface area contributed by atoms with Crippen LogP contribution in [0.4, 0.5) is 5.82 Å². The summed E-state index contributed by atoms with van der Waals surface area (Å²) in [4.78, 5) is 8.88. The van der Waals surface area contributed by atoms with Crippen molar-refractivity contribution in [3.8, 4) is 6.07 Å². The van der Waals surface area contributed by atoms with E-state index in [1.54, 1.807) is 12.3 Å². The molecule has 0 radical (unpaired) electrons. The van der Waals surface area contributed by atoms with Crippen molar-refractivity contribution in [2.45, 2.75) is 12.8 Å². The van der Waals surface area contributed by atoms with Gasteiger partial charge < -0.3 is 9.80 Å². The Morgan fingerprint density at radius 1 is 1.50 bits per heavy atom. The van der Waals surface area contributed by atoms with Crippen LogP contribution in [0.3, 0.4) is 0 Å². The van der Waals surface area contributed by atoms with Crippen molar-refractivity contribution in [3.63, 3.8) is 0 Å². The van der Waals surface area contributed by atoms with Crippen LogP contribution in [0.5, 0.6) is 0 Å². The summed E-state index contributed by atoms with van der Waals surface area (Å²) in [6.07, 6.45) is 4.20. The molecule has 1 aliphatic rings. The molecule has 18 heavy (non-hydrogen) atoms. The van der Waals surface area contributed by atoms with E-state index >= 15 is 0 Å². The van der Waals surface area contributed by atoms with E-state index in [0.717, 1.165) is 18.3 Å². The zero-order valence-electron chi connectivity index (χ0n) is 11.1. The molecule has 1 saturated heterocycles. The van der Waals surface area contributed by atoms with Gasteiger partial charge >= 0.3 is 0 Å². The highest BCUT2D eigenvalue weighted by Gasteiger charge is 2.18. The molecule has 1 aromatic rings. The summed E-state index contributed by atoms with van der Waals surface area (Å²) in [7, 11) is 4.24. The first-order chi connectivity index (χ1) is 8.69. The zero-order chi connectivity index (χ0) is 13.0. The third-order valence-electron chi connectivity index (χ3n) is 3.64. The van der Waals surface area contributed by atoms with Crippen LogP contribution in [-0.2, 0) is 0 Å². The van der Waals surface area contributed by atoms with Gasteiger partial charge in [0, 0.05) is 19.8 Å². The first kappa shape index (κ1) is 12.8. The molecule has 0 bridgehead atoms. The Hall–Kier alpha value is -1.60. The molecule has 0 saturated carbocycles. The number of aromatic nitrogens is 1. The van der Waals surface area contributed by atoms with Crippen molar-refractivity contribution in [2.24, 2.45) is 5.92 Å². The summed E-state index contributed by atoms with van der Waals surface area (Å²) in [5.74, 6) is 1.63. The summed E-state index contributed by atoms with van der Waals surface area (Å²) < 4.78 is 0. The molecule has 0 unspecified atom stereocenters. The van der Waals surface area contributed by atoms with Crippen LogP contribution in [0.15, 0.2) is 18.3 Å². The van der Waals surface area contributed by atoms with E-state index in [1.165, 1.54) is 25.9 Å². The second-order valence-corrected chi connectivity index (χ2v) is 5.14. The Balaban J connectivity index is 1.95. The number of pyridine rings is 1. The van der Waals surface area contributed by atoms with E-state index in [-0.39, 0.29) is 0 Å². The van der Waals surface area contributed by atoms with Crippen LogP contribution in [0.2, 0.25) is 0 Å². The molecule has 0 aromatic carbocycles. The average Bonchev–Trinajstić information content (AvgIpc) is 2.41. The van der Waals surface area contributed by atoms with Crippen molar-refractivity contribution in [2.75, 3.05) is 38.6 Å². The number of nitrogens with zero attached hydrogens (tertiary/aromatic N) is 4. The lowest BCUT2D eigenvalue weighted by Gasteiger charge is -2.32. The maximum Gasteiger partial charge on any atom is 0.129 e. The maximum atomic E-state index is 8.89. The van der Waals surface area contributed by atoms with Crippen molar-refractivity contribution in [1.82, 2.24) is 9.88 Å². The fraction of sp³-hybridized carbons (Fsp3) is 0.571. The van der Waals surface area contributed by atoms with Crippen LogP contribution in [0.1, 0.15) is 18.4 Å². The standard InChI is InChI=1S/C14H20N4/c1-17-7-4-12(5-8-17)11-18(2)14-9-13(10-15)3-6-16-14/h3,6,9,12H,4-5,7-8,11H2,1-2H3. The Morgan fingerprint density at radius 2 is 2.22 bits per heavy atom. The van der Waals surface area contributed by atoms with E-state index in [9.17, 15) is 0 Å².